The van der Waals surface area contributed by atoms with Gasteiger partial charge in [0.25, 0.3) is 0 Å². The Morgan fingerprint density at radius 1 is 1.19 bits per heavy atom. The predicted molar refractivity (Wildman–Crippen MR) is 141 cm³/mol. The van der Waals surface area contributed by atoms with E-state index in [1.54, 1.807) is 24.1 Å². The summed E-state index contributed by atoms with van der Waals surface area (Å²) < 4.78 is 25.8. The molecule has 1 heterocycles. The Kier molecular flexibility index (Phi) is 11.7. The van der Waals surface area contributed by atoms with Gasteiger partial charge in [-0.15, -0.1) is 0 Å². The Morgan fingerprint density at radius 2 is 1.92 bits per heavy atom. The first kappa shape index (κ1) is 29.2. The Hall–Kier alpha value is -1.41. The summed E-state index contributed by atoms with van der Waals surface area (Å²) in [6.45, 7) is 3.14. The van der Waals surface area contributed by atoms with Gasteiger partial charge in [-0.05, 0) is 70.9 Å². The molecule has 6 nitrogen and oxygen atoms in total. The monoisotopic (exact) mass is 526 g/mol. The number of likely N-dealkylation sites (tertiary alicyclic amines) is 1. The highest BCUT2D eigenvalue weighted by molar-refractivity contribution is 6.30. The maximum Gasteiger partial charge on any atom is 0.410 e. The molecule has 0 bridgehead atoms. The van der Waals surface area contributed by atoms with E-state index in [0.717, 1.165) is 12.8 Å². The zero-order valence-electron chi connectivity index (χ0n) is 22.1. The van der Waals surface area contributed by atoms with E-state index >= 15 is 0 Å². The first-order chi connectivity index (χ1) is 17.3. The highest BCUT2D eigenvalue weighted by Gasteiger charge is 2.33. The van der Waals surface area contributed by atoms with E-state index in [2.05, 4.69) is 5.32 Å². The van der Waals surface area contributed by atoms with Crippen LogP contribution in [0.2, 0.25) is 5.02 Å². The standard InChI is InChI=1S/C28H44ClFN2O4/c1-19(27(31-2)20-10-5-4-6-11-20)36-28(34)32-17-9-12-21(18-32)24(33)15-8-16-25(35-3)22-13-7-14-23(29)26(22)30/h7,13-14,19-21,24-25,27,31,33H,4-6,8-12,15-18H2,1-3H3/t19?,21?,24?,25-,27+/m0/s1. The minimum atomic E-state index is -0.535. The maximum atomic E-state index is 14.4. The first-order valence-electron chi connectivity index (χ1n) is 13.6. The van der Waals surface area contributed by atoms with Gasteiger partial charge in [-0.25, -0.2) is 9.18 Å². The van der Waals surface area contributed by atoms with Crippen molar-refractivity contribution in [2.75, 3.05) is 27.2 Å². The fraction of sp³-hybridized carbons (Fsp3) is 0.750. The summed E-state index contributed by atoms with van der Waals surface area (Å²) in [6, 6.07) is 5.08. The highest BCUT2D eigenvalue weighted by atomic mass is 35.5. The first-order valence-corrected chi connectivity index (χ1v) is 14.0. The number of aliphatic hydroxyl groups is 1. The minimum absolute atomic E-state index is 0.00366. The molecule has 204 valence electrons. The van der Waals surface area contributed by atoms with E-state index in [-0.39, 0.29) is 29.2 Å². The van der Waals surface area contributed by atoms with Crippen LogP contribution in [-0.2, 0) is 9.47 Å². The number of likely N-dealkylation sites (N-methyl/N-ethyl adjacent to an activating group) is 1. The van der Waals surface area contributed by atoms with E-state index in [1.165, 1.54) is 38.2 Å². The van der Waals surface area contributed by atoms with E-state index in [0.29, 0.717) is 43.8 Å². The van der Waals surface area contributed by atoms with Crippen LogP contribution in [0, 0.1) is 17.7 Å². The molecular weight excluding hydrogens is 483 g/mol. The number of rotatable bonds is 11. The quantitative estimate of drug-likeness (QED) is 0.364. The number of benzene rings is 1. The second-order valence-electron chi connectivity index (χ2n) is 10.5. The van der Waals surface area contributed by atoms with Crippen molar-refractivity contribution < 1.29 is 23.8 Å². The van der Waals surface area contributed by atoms with Crippen LogP contribution < -0.4 is 5.32 Å². The van der Waals surface area contributed by atoms with E-state index in [1.807, 2.05) is 14.0 Å². The number of amides is 1. The second kappa shape index (κ2) is 14.5. The van der Waals surface area contributed by atoms with Gasteiger partial charge in [0, 0.05) is 37.7 Å². The molecule has 5 atom stereocenters. The fourth-order valence-corrected chi connectivity index (χ4v) is 6.24. The number of ether oxygens (including phenoxy) is 2. The molecule has 0 spiro atoms. The third kappa shape index (κ3) is 7.80. The molecule has 1 amide bonds. The number of nitrogens with zero attached hydrogens (tertiary/aromatic N) is 1. The molecule has 1 saturated heterocycles. The molecule has 0 radical (unpaired) electrons. The number of piperidine rings is 1. The molecule has 2 aliphatic rings. The van der Waals surface area contributed by atoms with E-state index in [4.69, 9.17) is 21.1 Å². The van der Waals surface area contributed by atoms with Gasteiger partial charge in [-0.3, -0.25) is 0 Å². The fourth-order valence-electron chi connectivity index (χ4n) is 6.06. The lowest BCUT2D eigenvalue weighted by Gasteiger charge is -2.37. The summed E-state index contributed by atoms with van der Waals surface area (Å²) in [5.41, 5.74) is 0.438. The number of hydrogen-bond acceptors (Lipinski definition) is 5. The van der Waals surface area contributed by atoms with Gasteiger partial charge in [0.2, 0.25) is 0 Å². The molecule has 8 heteroatoms. The SMILES string of the molecule is CN[C@@H](C1CCCCC1)C(C)OC(=O)N1CCCC(C(O)CCC[C@H](OC)c2cccc(Cl)c2F)C1. The molecule has 3 unspecified atom stereocenters. The molecular formula is C28H44ClFN2O4. The van der Waals surface area contributed by atoms with Gasteiger partial charge in [0.1, 0.15) is 11.9 Å². The van der Waals surface area contributed by atoms with E-state index < -0.39 is 18.0 Å². The normalized spacial score (nSPS) is 22.6. The average molecular weight is 527 g/mol. The molecule has 1 aromatic rings. The van der Waals surface area contributed by atoms with Crippen LogP contribution in [-0.4, -0.2) is 61.6 Å². The van der Waals surface area contributed by atoms with Crippen LogP contribution in [0.1, 0.15) is 82.8 Å². The second-order valence-corrected chi connectivity index (χ2v) is 10.9. The van der Waals surface area contributed by atoms with Gasteiger partial charge in [0.05, 0.1) is 17.2 Å². The Labute approximate surface area is 220 Å². The van der Waals surface area contributed by atoms with Crippen molar-refractivity contribution in [1.82, 2.24) is 10.2 Å². The lowest BCUT2D eigenvalue weighted by Crippen LogP contribution is -2.49. The van der Waals surface area contributed by atoms with Gasteiger partial charge in [-0.2, -0.15) is 0 Å². The molecule has 0 aromatic heterocycles. The number of hydrogen-bond donors (Lipinski definition) is 2. The summed E-state index contributed by atoms with van der Waals surface area (Å²) in [7, 11) is 3.51. The van der Waals surface area contributed by atoms with Crippen LogP contribution in [0.15, 0.2) is 18.2 Å². The van der Waals surface area contributed by atoms with Crippen molar-refractivity contribution in [2.24, 2.45) is 11.8 Å². The van der Waals surface area contributed by atoms with Crippen LogP contribution in [0.25, 0.3) is 0 Å². The average Bonchev–Trinajstić information content (AvgIpc) is 2.89. The number of carbonyl (C=O) groups is 1. The summed E-state index contributed by atoms with van der Waals surface area (Å²) >= 11 is 5.92. The summed E-state index contributed by atoms with van der Waals surface area (Å²) in [6.07, 6.45) is 8.24. The Bertz CT molecular complexity index is 823. The zero-order valence-corrected chi connectivity index (χ0v) is 22.8. The van der Waals surface area contributed by atoms with Gasteiger partial charge in [0.15, 0.2) is 0 Å². The van der Waals surface area contributed by atoms with Gasteiger partial charge >= 0.3 is 6.09 Å². The van der Waals surface area contributed by atoms with Crippen LogP contribution in [0.5, 0.6) is 0 Å². The molecule has 1 aliphatic heterocycles. The molecule has 2 N–H and O–H groups in total. The van der Waals surface area contributed by atoms with Crippen molar-refractivity contribution >= 4 is 17.7 Å². The summed E-state index contributed by atoms with van der Waals surface area (Å²) in [5.74, 6) is 0.0916. The number of aliphatic hydroxyl groups excluding tert-OH is 1. The van der Waals surface area contributed by atoms with Crippen LogP contribution in [0.4, 0.5) is 9.18 Å². The lowest BCUT2D eigenvalue weighted by atomic mass is 9.82. The predicted octanol–water partition coefficient (Wildman–Crippen LogP) is 6.10. The van der Waals surface area contributed by atoms with Crippen LogP contribution >= 0.6 is 11.6 Å². The molecule has 2 fully saturated rings. The van der Waals surface area contributed by atoms with Crippen molar-refractivity contribution in [3.63, 3.8) is 0 Å². The molecule has 3 rings (SSSR count). The van der Waals surface area contributed by atoms with E-state index in [9.17, 15) is 14.3 Å². The Morgan fingerprint density at radius 3 is 2.61 bits per heavy atom. The van der Waals surface area contributed by atoms with Crippen molar-refractivity contribution in [1.29, 1.82) is 0 Å². The van der Waals surface area contributed by atoms with Crippen molar-refractivity contribution in [3.05, 3.63) is 34.6 Å². The van der Waals surface area contributed by atoms with Crippen molar-refractivity contribution in [3.8, 4) is 0 Å². The third-order valence-corrected chi connectivity index (χ3v) is 8.41. The van der Waals surface area contributed by atoms with Crippen molar-refractivity contribution in [2.45, 2.75) is 95.5 Å². The van der Waals surface area contributed by atoms with Gasteiger partial charge < -0.3 is 24.8 Å². The largest absolute Gasteiger partial charge is 0.445 e. The maximum absolute atomic E-state index is 14.4. The molecule has 1 saturated carbocycles. The minimum Gasteiger partial charge on any atom is -0.445 e. The lowest BCUT2D eigenvalue weighted by molar-refractivity contribution is 0.00949. The van der Waals surface area contributed by atoms with Crippen LogP contribution in [0.3, 0.4) is 0 Å². The zero-order chi connectivity index (χ0) is 26.1. The summed E-state index contributed by atoms with van der Waals surface area (Å²) in [5, 5.41) is 14.3. The summed E-state index contributed by atoms with van der Waals surface area (Å²) in [4.78, 5) is 14.7. The number of halogens is 2. The number of methoxy groups -OCH3 is 1. The highest BCUT2D eigenvalue weighted by Crippen LogP contribution is 2.31. The number of carbonyl (C=O) groups excluding carboxylic acids is 1. The topological polar surface area (TPSA) is 71.0 Å². The smallest absolute Gasteiger partial charge is 0.410 e. The number of nitrogens with one attached hydrogen (secondary N) is 1. The third-order valence-electron chi connectivity index (χ3n) is 8.12. The molecule has 1 aromatic carbocycles. The molecule has 36 heavy (non-hydrogen) atoms. The Balaban J connectivity index is 1.47. The molecule has 1 aliphatic carbocycles. The van der Waals surface area contributed by atoms with Gasteiger partial charge in [-0.1, -0.05) is 43.0 Å².